The number of urea groups is 1. The van der Waals surface area contributed by atoms with Gasteiger partial charge in [-0.05, 0) is 74.4 Å². The second-order valence-electron chi connectivity index (χ2n) is 9.50. The second-order valence-corrected chi connectivity index (χ2v) is 9.50. The highest BCUT2D eigenvalue weighted by atomic mass is 16.6. The van der Waals surface area contributed by atoms with Crippen LogP contribution in [0, 0.1) is 11.3 Å². The highest BCUT2D eigenvalue weighted by Crippen LogP contribution is 2.34. The number of nitrogens with zero attached hydrogens (tertiary/aromatic N) is 3. The van der Waals surface area contributed by atoms with Gasteiger partial charge in [-0.1, -0.05) is 18.2 Å². The van der Waals surface area contributed by atoms with Gasteiger partial charge in [0.15, 0.2) is 0 Å². The fraction of sp³-hybridized carbons (Fsp3) is 0.444. The average molecular weight is 492 g/mol. The number of carbonyl (C=O) groups is 1. The lowest BCUT2D eigenvalue weighted by Crippen LogP contribution is -2.47. The molecule has 2 aliphatic rings. The number of likely N-dealkylation sites (tertiary alicyclic amines) is 1. The molecule has 4 N–H and O–H groups in total. The van der Waals surface area contributed by atoms with E-state index in [0.717, 1.165) is 36.8 Å². The first-order valence-corrected chi connectivity index (χ1v) is 12.4. The standard InChI is InChI=1S/C27H33N5O4/c1-17(2)35-25-11-8-18(13-20(25)14-28)26(36-29)30-15-19-5-3-7-23-22(19)9-10-24(23)31-27(34)32-12-4-6-21(33)16-32/h3,5,7-8,11,13,17,21,24,33H,4,6,9-10,12,15-16,29H2,1-2H3,(H,31,34). The fourth-order valence-electron chi connectivity index (χ4n) is 4.87. The van der Waals surface area contributed by atoms with Gasteiger partial charge in [-0.3, -0.25) is 0 Å². The third-order valence-electron chi connectivity index (χ3n) is 6.56. The summed E-state index contributed by atoms with van der Waals surface area (Å²) in [5, 5.41) is 22.6. The Kier molecular flexibility index (Phi) is 8.08. The van der Waals surface area contributed by atoms with Crippen molar-refractivity contribution in [2.24, 2.45) is 10.9 Å². The third kappa shape index (κ3) is 5.78. The molecule has 1 aliphatic heterocycles. The van der Waals surface area contributed by atoms with Gasteiger partial charge in [0.1, 0.15) is 11.8 Å². The number of ether oxygens (including phenoxy) is 1. The molecule has 1 saturated heterocycles. The SMILES string of the molecule is CC(C)Oc1ccc(C(=NCc2cccc3c2CCC3NC(=O)N2CCCC(O)C2)ON)cc1C#N. The zero-order valence-electron chi connectivity index (χ0n) is 20.7. The van der Waals surface area contributed by atoms with Crippen molar-refractivity contribution >= 4 is 11.9 Å². The number of hydrogen-bond donors (Lipinski definition) is 3. The zero-order chi connectivity index (χ0) is 25.7. The van der Waals surface area contributed by atoms with E-state index in [-0.39, 0.29) is 24.1 Å². The Morgan fingerprint density at radius 2 is 2.17 bits per heavy atom. The number of nitriles is 1. The van der Waals surface area contributed by atoms with Gasteiger partial charge in [-0.25, -0.2) is 9.79 Å². The molecule has 1 aliphatic carbocycles. The van der Waals surface area contributed by atoms with Crippen LogP contribution in [0.4, 0.5) is 4.79 Å². The average Bonchev–Trinajstić information content (AvgIpc) is 3.28. The number of hydrogen-bond acceptors (Lipinski definition) is 7. The Labute approximate surface area is 211 Å². The summed E-state index contributed by atoms with van der Waals surface area (Å²) in [7, 11) is 0. The number of nitrogens with one attached hydrogen (secondary N) is 1. The molecule has 0 bridgehead atoms. The molecule has 2 aromatic carbocycles. The van der Waals surface area contributed by atoms with E-state index in [1.165, 1.54) is 5.56 Å². The molecule has 2 unspecified atom stereocenters. The smallest absolute Gasteiger partial charge is 0.317 e. The van der Waals surface area contributed by atoms with E-state index in [2.05, 4.69) is 16.4 Å². The number of carbonyl (C=O) groups excluding carboxylic acids is 1. The number of nitrogens with two attached hydrogens (primary N) is 1. The first-order valence-electron chi connectivity index (χ1n) is 12.4. The molecule has 36 heavy (non-hydrogen) atoms. The maximum atomic E-state index is 12.8. The molecule has 190 valence electrons. The number of aliphatic hydroxyl groups is 1. The second kappa shape index (κ2) is 11.4. The van der Waals surface area contributed by atoms with Gasteiger partial charge in [-0.2, -0.15) is 11.2 Å². The maximum Gasteiger partial charge on any atom is 0.317 e. The van der Waals surface area contributed by atoms with E-state index >= 15 is 0 Å². The highest BCUT2D eigenvalue weighted by Gasteiger charge is 2.29. The summed E-state index contributed by atoms with van der Waals surface area (Å²) in [4.78, 5) is 24.1. The molecule has 9 heteroatoms. The topological polar surface area (TPSA) is 133 Å². The van der Waals surface area contributed by atoms with Crippen molar-refractivity contribution in [2.75, 3.05) is 13.1 Å². The largest absolute Gasteiger partial charge is 0.490 e. The van der Waals surface area contributed by atoms with Gasteiger partial charge in [0, 0.05) is 18.7 Å². The van der Waals surface area contributed by atoms with Crippen LogP contribution in [0.3, 0.4) is 0 Å². The van der Waals surface area contributed by atoms with Crippen LogP contribution in [0.25, 0.3) is 0 Å². The molecular formula is C27H33N5O4. The van der Waals surface area contributed by atoms with Gasteiger partial charge in [0.2, 0.25) is 5.90 Å². The van der Waals surface area contributed by atoms with Crippen LogP contribution < -0.4 is 16.0 Å². The molecule has 0 saturated carbocycles. The molecule has 2 aromatic rings. The van der Waals surface area contributed by atoms with E-state index < -0.39 is 6.10 Å². The lowest BCUT2D eigenvalue weighted by molar-refractivity contribution is 0.0833. The number of fused-ring (bicyclic) bond motifs is 1. The molecule has 0 radical (unpaired) electrons. The summed E-state index contributed by atoms with van der Waals surface area (Å²) in [5.74, 6) is 6.26. The lowest BCUT2D eigenvalue weighted by atomic mass is 10.0. The molecule has 4 rings (SSSR count). The lowest BCUT2D eigenvalue weighted by Gasteiger charge is -2.31. The van der Waals surface area contributed by atoms with Crippen molar-refractivity contribution in [2.45, 2.75) is 64.3 Å². The molecule has 1 fully saturated rings. The first-order chi connectivity index (χ1) is 17.4. The monoisotopic (exact) mass is 491 g/mol. The number of aliphatic imine (C=N–C) groups is 1. The minimum absolute atomic E-state index is 0.0536. The molecular weight excluding hydrogens is 458 g/mol. The fourth-order valence-corrected chi connectivity index (χ4v) is 4.87. The molecule has 2 amide bonds. The Morgan fingerprint density at radius 3 is 2.89 bits per heavy atom. The van der Waals surface area contributed by atoms with E-state index in [9.17, 15) is 15.2 Å². The van der Waals surface area contributed by atoms with Crippen LogP contribution >= 0.6 is 0 Å². The molecule has 0 spiro atoms. The van der Waals surface area contributed by atoms with Crippen LogP contribution in [0.2, 0.25) is 0 Å². The van der Waals surface area contributed by atoms with Crippen molar-refractivity contribution in [3.8, 4) is 11.8 Å². The van der Waals surface area contributed by atoms with Gasteiger partial charge in [0.25, 0.3) is 0 Å². The Morgan fingerprint density at radius 1 is 1.33 bits per heavy atom. The number of aliphatic hydroxyl groups excluding tert-OH is 1. The number of benzene rings is 2. The molecule has 9 nitrogen and oxygen atoms in total. The van der Waals surface area contributed by atoms with Crippen LogP contribution in [0.5, 0.6) is 5.75 Å². The van der Waals surface area contributed by atoms with Gasteiger partial charge in [-0.15, -0.1) is 0 Å². The third-order valence-corrected chi connectivity index (χ3v) is 6.56. The van der Waals surface area contributed by atoms with Crippen molar-refractivity contribution in [1.82, 2.24) is 10.2 Å². The summed E-state index contributed by atoms with van der Waals surface area (Å²) in [6.07, 6.45) is 2.68. The van der Waals surface area contributed by atoms with Crippen LogP contribution in [-0.4, -0.2) is 47.2 Å². The van der Waals surface area contributed by atoms with Gasteiger partial charge < -0.3 is 24.9 Å². The predicted molar refractivity (Wildman–Crippen MR) is 135 cm³/mol. The normalized spacial score (nSPS) is 19.6. The Hall–Kier alpha value is -3.61. The van der Waals surface area contributed by atoms with Crippen molar-refractivity contribution in [1.29, 1.82) is 5.26 Å². The summed E-state index contributed by atoms with van der Waals surface area (Å²) in [5.41, 5.74) is 4.26. The number of rotatable bonds is 6. The van der Waals surface area contributed by atoms with E-state index in [4.69, 9.17) is 15.5 Å². The van der Waals surface area contributed by atoms with Crippen LogP contribution in [-0.2, 0) is 17.8 Å². The number of piperidine rings is 1. The summed E-state index contributed by atoms with van der Waals surface area (Å²) in [6, 6.07) is 13.1. The minimum Gasteiger partial charge on any atom is -0.490 e. The van der Waals surface area contributed by atoms with Gasteiger partial charge in [0.05, 0.1) is 30.4 Å². The van der Waals surface area contributed by atoms with Crippen LogP contribution in [0.1, 0.15) is 67.0 Å². The van der Waals surface area contributed by atoms with Crippen molar-refractivity contribution in [3.05, 3.63) is 64.2 Å². The maximum absolute atomic E-state index is 12.8. The summed E-state index contributed by atoms with van der Waals surface area (Å²) in [6.45, 7) is 5.19. The molecule has 1 heterocycles. The van der Waals surface area contributed by atoms with Crippen molar-refractivity contribution < 1.29 is 19.5 Å². The number of amides is 2. The zero-order valence-corrected chi connectivity index (χ0v) is 20.7. The minimum atomic E-state index is -0.452. The van der Waals surface area contributed by atoms with E-state index in [1.807, 2.05) is 32.0 Å². The summed E-state index contributed by atoms with van der Waals surface area (Å²) >= 11 is 0. The Balaban J connectivity index is 1.49. The molecule has 0 aromatic heterocycles. The van der Waals surface area contributed by atoms with E-state index in [1.54, 1.807) is 23.1 Å². The van der Waals surface area contributed by atoms with Gasteiger partial charge >= 0.3 is 6.03 Å². The molecule has 2 atom stereocenters. The predicted octanol–water partition coefficient (Wildman–Crippen LogP) is 3.34. The quantitative estimate of drug-likeness (QED) is 0.322. The highest BCUT2D eigenvalue weighted by molar-refractivity contribution is 5.94. The van der Waals surface area contributed by atoms with Crippen LogP contribution in [0.15, 0.2) is 41.4 Å². The Bertz CT molecular complexity index is 1170. The summed E-state index contributed by atoms with van der Waals surface area (Å²) < 4.78 is 5.69. The van der Waals surface area contributed by atoms with Crippen molar-refractivity contribution in [3.63, 3.8) is 0 Å². The first kappa shape index (κ1) is 25.5. The number of β-amino-alcohol motifs (C(OH)–C–C–N with tert-alkyl or cyclic N) is 1. The van der Waals surface area contributed by atoms with E-state index in [0.29, 0.717) is 36.5 Å².